The van der Waals surface area contributed by atoms with E-state index in [0.717, 1.165) is 25.3 Å². The fourth-order valence-electron chi connectivity index (χ4n) is 2.26. The van der Waals surface area contributed by atoms with Crippen LogP contribution in [0.3, 0.4) is 0 Å². The first-order chi connectivity index (χ1) is 9.85. The van der Waals surface area contributed by atoms with E-state index in [-0.39, 0.29) is 5.91 Å². The number of carbonyl (C=O) groups is 1. The minimum Gasteiger partial charge on any atom is -0.397 e. The Kier molecular flexibility index (Phi) is 5.41. The molecule has 1 fully saturated rings. The van der Waals surface area contributed by atoms with E-state index in [2.05, 4.69) is 24.1 Å². The van der Waals surface area contributed by atoms with Gasteiger partial charge in [-0.05, 0) is 24.6 Å². The Bertz CT molecular complexity index is 522. The van der Waals surface area contributed by atoms with Crippen LogP contribution in [0.25, 0.3) is 0 Å². The van der Waals surface area contributed by atoms with Crippen molar-refractivity contribution in [2.24, 2.45) is 0 Å². The van der Waals surface area contributed by atoms with Crippen molar-refractivity contribution < 1.29 is 4.79 Å². The van der Waals surface area contributed by atoms with Gasteiger partial charge in [0.15, 0.2) is 0 Å². The summed E-state index contributed by atoms with van der Waals surface area (Å²) in [7, 11) is 0. The lowest BCUT2D eigenvalue weighted by atomic mass is 10.1. The van der Waals surface area contributed by atoms with Gasteiger partial charge in [0.1, 0.15) is 0 Å². The zero-order chi connectivity index (χ0) is 15.5. The molecule has 0 atom stereocenters. The van der Waals surface area contributed by atoms with E-state index in [1.165, 1.54) is 0 Å². The molecule has 1 amide bonds. The van der Waals surface area contributed by atoms with Gasteiger partial charge >= 0.3 is 0 Å². The summed E-state index contributed by atoms with van der Waals surface area (Å²) in [6, 6.07) is 5.10. The van der Waals surface area contributed by atoms with E-state index >= 15 is 0 Å². The lowest BCUT2D eigenvalue weighted by Crippen LogP contribution is -2.35. The van der Waals surface area contributed by atoms with Crippen LogP contribution in [-0.4, -0.2) is 40.9 Å². The number of anilines is 2. The van der Waals surface area contributed by atoms with Crippen LogP contribution in [0.4, 0.5) is 11.4 Å². The first-order valence-corrected chi connectivity index (χ1v) is 8.43. The van der Waals surface area contributed by atoms with E-state index in [1.807, 2.05) is 11.8 Å². The van der Waals surface area contributed by atoms with Crippen molar-refractivity contribution in [1.29, 1.82) is 0 Å². The van der Waals surface area contributed by atoms with Gasteiger partial charge < -0.3 is 11.1 Å². The van der Waals surface area contributed by atoms with Gasteiger partial charge in [-0.1, -0.05) is 25.4 Å². The van der Waals surface area contributed by atoms with Gasteiger partial charge in [0.25, 0.3) is 0 Å². The van der Waals surface area contributed by atoms with Crippen molar-refractivity contribution in [1.82, 2.24) is 4.90 Å². The molecule has 0 saturated carbocycles. The maximum Gasteiger partial charge on any atom is 0.238 e. The van der Waals surface area contributed by atoms with E-state index in [1.54, 1.807) is 18.2 Å². The molecule has 1 aromatic rings. The lowest BCUT2D eigenvalue weighted by Gasteiger charge is -2.22. The first kappa shape index (κ1) is 16.5. The van der Waals surface area contributed by atoms with Crippen molar-refractivity contribution in [3.8, 4) is 0 Å². The molecule has 1 heterocycles. The predicted octanol–water partition coefficient (Wildman–Crippen LogP) is 3.08. The summed E-state index contributed by atoms with van der Waals surface area (Å²) in [4.78, 5) is 14.3. The zero-order valence-electron chi connectivity index (χ0n) is 12.5. The van der Waals surface area contributed by atoms with Gasteiger partial charge in [-0.25, -0.2) is 0 Å². The quantitative estimate of drug-likeness (QED) is 0.838. The third-order valence-corrected chi connectivity index (χ3v) is 5.19. The van der Waals surface area contributed by atoms with Gasteiger partial charge in [-0.3, -0.25) is 9.69 Å². The maximum absolute atomic E-state index is 12.1. The van der Waals surface area contributed by atoms with Crippen LogP contribution in [0.1, 0.15) is 20.3 Å². The molecular weight excluding hydrogens is 306 g/mol. The lowest BCUT2D eigenvalue weighted by molar-refractivity contribution is -0.117. The smallest absolute Gasteiger partial charge is 0.238 e. The SMILES string of the molecule is CC1(C)CCN(CC(=O)Nc2ccc(Cl)cc2N)CCS1. The van der Waals surface area contributed by atoms with E-state index in [4.69, 9.17) is 17.3 Å². The molecule has 6 heteroatoms. The molecule has 0 bridgehead atoms. The number of nitrogens with zero attached hydrogens (tertiary/aromatic N) is 1. The molecule has 1 aromatic carbocycles. The highest BCUT2D eigenvalue weighted by Crippen LogP contribution is 2.30. The number of nitrogen functional groups attached to an aromatic ring is 1. The molecule has 21 heavy (non-hydrogen) atoms. The fourth-order valence-corrected chi connectivity index (χ4v) is 3.58. The molecule has 0 radical (unpaired) electrons. The number of nitrogens with two attached hydrogens (primary N) is 1. The molecule has 0 unspecified atom stereocenters. The zero-order valence-corrected chi connectivity index (χ0v) is 14.1. The third kappa shape index (κ3) is 5.09. The highest BCUT2D eigenvalue weighted by molar-refractivity contribution is 8.00. The van der Waals surface area contributed by atoms with Gasteiger partial charge in [0.05, 0.1) is 17.9 Å². The van der Waals surface area contributed by atoms with Crippen molar-refractivity contribution in [2.75, 3.05) is 36.4 Å². The minimum atomic E-state index is -0.0336. The Hall–Kier alpha value is -0.910. The van der Waals surface area contributed by atoms with Crippen LogP contribution in [0.15, 0.2) is 18.2 Å². The highest BCUT2D eigenvalue weighted by atomic mass is 35.5. The predicted molar refractivity (Wildman–Crippen MR) is 92.1 cm³/mol. The summed E-state index contributed by atoms with van der Waals surface area (Å²) in [5, 5.41) is 3.42. The Morgan fingerprint density at radius 1 is 1.48 bits per heavy atom. The summed E-state index contributed by atoms with van der Waals surface area (Å²) < 4.78 is 0.297. The molecule has 116 valence electrons. The van der Waals surface area contributed by atoms with Crippen LogP contribution < -0.4 is 11.1 Å². The van der Waals surface area contributed by atoms with Gasteiger partial charge in [-0.2, -0.15) is 11.8 Å². The van der Waals surface area contributed by atoms with E-state index in [0.29, 0.717) is 27.7 Å². The number of thioether (sulfide) groups is 1. The van der Waals surface area contributed by atoms with Gasteiger partial charge in [0.2, 0.25) is 5.91 Å². The molecule has 3 N–H and O–H groups in total. The molecule has 1 aliphatic rings. The van der Waals surface area contributed by atoms with Crippen molar-refractivity contribution in [3.63, 3.8) is 0 Å². The molecule has 0 spiro atoms. The molecule has 0 aliphatic carbocycles. The largest absolute Gasteiger partial charge is 0.397 e. The Morgan fingerprint density at radius 3 is 2.95 bits per heavy atom. The summed E-state index contributed by atoms with van der Waals surface area (Å²) in [5.74, 6) is 1.03. The third-order valence-electron chi connectivity index (χ3n) is 3.59. The monoisotopic (exact) mass is 327 g/mol. The van der Waals surface area contributed by atoms with Crippen molar-refractivity contribution in [2.45, 2.75) is 25.0 Å². The van der Waals surface area contributed by atoms with Crippen molar-refractivity contribution in [3.05, 3.63) is 23.2 Å². The molecule has 4 nitrogen and oxygen atoms in total. The molecule has 0 aromatic heterocycles. The first-order valence-electron chi connectivity index (χ1n) is 7.07. The van der Waals surface area contributed by atoms with Gasteiger partial charge in [-0.15, -0.1) is 0 Å². The second-order valence-corrected chi connectivity index (χ2v) is 8.15. The number of halogens is 1. The molecular formula is C15H22ClN3OS. The summed E-state index contributed by atoms with van der Waals surface area (Å²) in [5.41, 5.74) is 6.96. The summed E-state index contributed by atoms with van der Waals surface area (Å²) in [6.45, 7) is 6.81. The van der Waals surface area contributed by atoms with Crippen LogP contribution in [0, 0.1) is 0 Å². The fraction of sp³-hybridized carbons (Fsp3) is 0.533. The molecule has 2 rings (SSSR count). The van der Waals surface area contributed by atoms with Crippen molar-refractivity contribution >= 4 is 40.6 Å². The number of rotatable bonds is 3. The number of carbonyl (C=O) groups excluding carboxylic acids is 1. The van der Waals surface area contributed by atoms with Crippen LogP contribution >= 0.6 is 23.4 Å². The minimum absolute atomic E-state index is 0.0336. The Balaban J connectivity index is 1.89. The number of nitrogens with one attached hydrogen (secondary N) is 1. The second kappa shape index (κ2) is 6.90. The number of amides is 1. The average molecular weight is 328 g/mol. The highest BCUT2D eigenvalue weighted by Gasteiger charge is 2.24. The van der Waals surface area contributed by atoms with E-state index < -0.39 is 0 Å². The Morgan fingerprint density at radius 2 is 2.24 bits per heavy atom. The Labute approximate surface area is 135 Å². The molecule has 1 saturated heterocycles. The van der Waals surface area contributed by atoms with E-state index in [9.17, 15) is 4.79 Å². The van der Waals surface area contributed by atoms with Crippen LogP contribution in [0.2, 0.25) is 5.02 Å². The molecule has 1 aliphatic heterocycles. The standard InChI is InChI=1S/C15H22ClN3OS/c1-15(2)5-6-19(7-8-21-15)10-14(20)18-13-4-3-11(16)9-12(13)17/h3-4,9H,5-8,10,17H2,1-2H3,(H,18,20). The number of hydrogen-bond acceptors (Lipinski definition) is 4. The topological polar surface area (TPSA) is 58.4 Å². The van der Waals surface area contributed by atoms with Crippen LogP contribution in [-0.2, 0) is 4.79 Å². The summed E-state index contributed by atoms with van der Waals surface area (Å²) in [6.07, 6.45) is 1.09. The second-order valence-electron chi connectivity index (χ2n) is 5.91. The van der Waals surface area contributed by atoms with Gasteiger partial charge in [0, 0.05) is 28.6 Å². The summed E-state index contributed by atoms with van der Waals surface area (Å²) >= 11 is 7.82. The number of hydrogen-bond donors (Lipinski definition) is 2. The maximum atomic E-state index is 12.1. The normalized spacial score (nSPS) is 19.0. The number of benzene rings is 1. The average Bonchev–Trinajstić information content (AvgIpc) is 2.54. The van der Waals surface area contributed by atoms with Crippen LogP contribution in [0.5, 0.6) is 0 Å².